The number of aromatic nitrogens is 3. The average molecular weight is 478 g/mol. The van der Waals surface area contributed by atoms with E-state index < -0.39 is 17.4 Å². The van der Waals surface area contributed by atoms with Gasteiger partial charge in [0.05, 0.1) is 18.3 Å². The Morgan fingerprint density at radius 3 is 2.54 bits per heavy atom. The van der Waals surface area contributed by atoms with Gasteiger partial charge in [0.25, 0.3) is 0 Å². The van der Waals surface area contributed by atoms with Crippen molar-refractivity contribution in [3.63, 3.8) is 0 Å². The van der Waals surface area contributed by atoms with E-state index in [-0.39, 0.29) is 24.9 Å². The highest BCUT2D eigenvalue weighted by Gasteiger charge is 2.34. The topological polar surface area (TPSA) is 93.3 Å². The molecule has 35 heavy (non-hydrogen) atoms. The van der Waals surface area contributed by atoms with Crippen LogP contribution in [0.3, 0.4) is 0 Å². The largest absolute Gasteiger partial charge is 0.467 e. The maximum Gasteiger partial charge on any atom is 0.247 e. The third-order valence-electron chi connectivity index (χ3n) is 6.02. The van der Waals surface area contributed by atoms with Crippen LogP contribution in [0.5, 0.6) is 0 Å². The summed E-state index contributed by atoms with van der Waals surface area (Å²) in [6.45, 7) is 5.69. The van der Waals surface area contributed by atoms with Crippen molar-refractivity contribution >= 4 is 22.8 Å². The van der Waals surface area contributed by atoms with Crippen LogP contribution in [0.4, 0.5) is 4.39 Å². The summed E-state index contributed by atoms with van der Waals surface area (Å²) in [7, 11) is 0. The molecular formula is C26H28FN5O3. The van der Waals surface area contributed by atoms with Crippen LogP contribution in [0.1, 0.15) is 44.6 Å². The number of carbonyl (C=O) groups excluding carboxylic acids is 2. The fourth-order valence-corrected chi connectivity index (χ4v) is 3.76. The first kappa shape index (κ1) is 24.1. The van der Waals surface area contributed by atoms with Gasteiger partial charge in [-0.1, -0.05) is 36.4 Å². The van der Waals surface area contributed by atoms with Crippen LogP contribution in [0.15, 0.2) is 71.3 Å². The zero-order valence-electron chi connectivity index (χ0n) is 19.9. The van der Waals surface area contributed by atoms with Crippen molar-refractivity contribution in [1.82, 2.24) is 25.2 Å². The number of halogens is 1. The van der Waals surface area contributed by atoms with Gasteiger partial charge in [-0.05, 0) is 62.2 Å². The number of hydrogen-bond acceptors (Lipinski definition) is 5. The van der Waals surface area contributed by atoms with Gasteiger partial charge in [0, 0.05) is 5.54 Å². The minimum atomic E-state index is -1.02. The van der Waals surface area contributed by atoms with Gasteiger partial charge >= 0.3 is 0 Å². The molecule has 2 aromatic carbocycles. The molecular weight excluding hydrogens is 449 g/mol. The average Bonchev–Trinajstić information content (AvgIpc) is 3.50. The van der Waals surface area contributed by atoms with E-state index in [1.165, 1.54) is 40.1 Å². The molecule has 0 fully saturated rings. The first-order valence-corrected chi connectivity index (χ1v) is 11.4. The fourth-order valence-electron chi connectivity index (χ4n) is 3.76. The molecule has 0 aliphatic carbocycles. The second-order valence-corrected chi connectivity index (χ2v) is 9.02. The molecule has 4 rings (SSSR count). The van der Waals surface area contributed by atoms with Gasteiger partial charge in [-0.25, -0.2) is 9.07 Å². The third-order valence-corrected chi connectivity index (χ3v) is 6.02. The number of fused-ring (bicyclic) bond motifs is 1. The van der Waals surface area contributed by atoms with Crippen molar-refractivity contribution in [3.8, 4) is 0 Å². The Labute approximate surface area is 202 Å². The summed E-state index contributed by atoms with van der Waals surface area (Å²) < 4.78 is 20.7. The molecule has 0 spiro atoms. The quantitative estimate of drug-likeness (QED) is 0.389. The molecule has 0 aliphatic heterocycles. The molecule has 0 radical (unpaired) electrons. The summed E-state index contributed by atoms with van der Waals surface area (Å²) in [5.41, 5.74) is 1.35. The maximum absolute atomic E-state index is 13.7. The number of amides is 2. The monoisotopic (exact) mass is 477 g/mol. The second-order valence-electron chi connectivity index (χ2n) is 9.02. The van der Waals surface area contributed by atoms with E-state index in [1.807, 2.05) is 45.0 Å². The highest BCUT2D eigenvalue weighted by atomic mass is 19.1. The van der Waals surface area contributed by atoms with E-state index >= 15 is 0 Å². The third kappa shape index (κ3) is 5.56. The Kier molecular flexibility index (Phi) is 6.95. The lowest BCUT2D eigenvalue weighted by Gasteiger charge is -2.34. The zero-order valence-corrected chi connectivity index (χ0v) is 19.9. The van der Waals surface area contributed by atoms with Crippen molar-refractivity contribution < 1.29 is 18.4 Å². The summed E-state index contributed by atoms with van der Waals surface area (Å²) in [6, 6.07) is 15.4. The van der Waals surface area contributed by atoms with Crippen LogP contribution < -0.4 is 5.32 Å². The molecule has 0 saturated carbocycles. The van der Waals surface area contributed by atoms with E-state index in [2.05, 4.69) is 15.6 Å². The van der Waals surface area contributed by atoms with Gasteiger partial charge in [0.15, 0.2) is 0 Å². The SMILES string of the molecule is CCC(C)(C)NC(=O)[C@@H](c1ccc(F)cc1)N(Cc1ccco1)C(=O)Cn1nnc2ccccc21. The summed E-state index contributed by atoms with van der Waals surface area (Å²) >= 11 is 0. The summed E-state index contributed by atoms with van der Waals surface area (Å²) in [6.07, 6.45) is 2.20. The summed E-state index contributed by atoms with van der Waals surface area (Å²) in [4.78, 5) is 28.8. The van der Waals surface area contributed by atoms with Crippen LogP contribution in [0, 0.1) is 5.82 Å². The van der Waals surface area contributed by atoms with E-state index in [9.17, 15) is 14.0 Å². The van der Waals surface area contributed by atoms with Gasteiger partial charge in [0.1, 0.15) is 29.7 Å². The van der Waals surface area contributed by atoms with Gasteiger partial charge in [0.2, 0.25) is 11.8 Å². The van der Waals surface area contributed by atoms with Crippen molar-refractivity contribution in [2.24, 2.45) is 0 Å². The number of hydrogen-bond donors (Lipinski definition) is 1. The molecule has 1 atom stereocenters. The molecule has 0 bridgehead atoms. The minimum Gasteiger partial charge on any atom is -0.467 e. The predicted octanol–water partition coefficient (Wildman–Crippen LogP) is 4.24. The molecule has 1 N–H and O–H groups in total. The number of carbonyl (C=O) groups is 2. The first-order chi connectivity index (χ1) is 16.8. The molecule has 2 aromatic heterocycles. The van der Waals surface area contributed by atoms with Crippen molar-refractivity contribution in [1.29, 1.82) is 0 Å². The summed E-state index contributed by atoms with van der Waals surface area (Å²) in [5, 5.41) is 11.3. The van der Waals surface area contributed by atoms with Gasteiger partial charge < -0.3 is 14.6 Å². The van der Waals surface area contributed by atoms with Crippen molar-refractivity contribution in [3.05, 3.63) is 84.1 Å². The van der Waals surface area contributed by atoms with Crippen LogP contribution >= 0.6 is 0 Å². The van der Waals surface area contributed by atoms with Gasteiger partial charge in [-0.2, -0.15) is 0 Å². The van der Waals surface area contributed by atoms with Crippen LogP contribution in [-0.4, -0.2) is 37.2 Å². The van der Waals surface area contributed by atoms with Crippen LogP contribution in [-0.2, 0) is 22.7 Å². The van der Waals surface area contributed by atoms with E-state index in [0.29, 0.717) is 28.8 Å². The van der Waals surface area contributed by atoms with Gasteiger partial charge in [-0.3, -0.25) is 9.59 Å². The molecule has 9 heteroatoms. The summed E-state index contributed by atoms with van der Waals surface area (Å²) in [5.74, 6) is -0.654. The molecule has 0 unspecified atom stereocenters. The Bertz CT molecular complexity index is 1300. The Morgan fingerprint density at radius 2 is 1.86 bits per heavy atom. The molecule has 2 amide bonds. The number of furan rings is 1. The van der Waals surface area contributed by atoms with E-state index in [4.69, 9.17) is 4.42 Å². The highest BCUT2D eigenvalue weighted by molar-refractivity contribution is 5.89. The molecule has 0 saturated heterocycles. The molecule has 8 nitrogen and oxygen atoms in total. The normalized spacial score (nSPS) is 12.5. The standard InChI is InChI=1S/C26H28FN5O3/c1-4-26(2,3)28-25(34)24(18-11-13-19(27)14-12-18)31(16-20-8-7-15-35-20)23(33)17-32-22-10-6-5-9-21(22)29-30-32/h5-15,24H,4,16-17H2,1-3H3,(H,28,34)/t24-/m1/s1. The first-order valence-electron chi connectivity index (χ1n) is 11.4. The predicted molar refractivity (Wildman–Crippen MR) is 128 cm³/mol. The number of rotatable bonds is 9. The van der Waals surface area contributed by atoms with Crippen molar-refractivity contribution in [2.75, 3.05) is 0 Å². The van der Waals surface area contributed by atoms with Crippen molar-refractivity contribution in [2.45, 2.75) is 51.9 Å². The number of nitrogens with zero attached hydrogens (tertiary/aromatic N) is 4. The lowest BCUT2D eigenvalue weighted by molar-refractivity contribution is -0.143. The highest BCUT2D eigenvalue weighted by Crippen LogP contribution is 2.26. The Morgan fingerprint density at radius 1 is 1.11 bits per heavy atom. The van der Waals surface area contributed by atoms with E-state index in [1.54, 1.807) is 12.1 Å². The number of nitrogens with one attached hydrogen (secondary N) is 1. The lowest BCUT2D eigenvalue weighted by atomic mass is 9.98. The Balaban J connectivity index is 1.74. The van der Waals surface area contributed by atoms with Crippen LogP contribution in [0.25, 0.3) is 11.0 Å². The number of para-hydroxylation sites is 1. The molecule has 182 valence electrons. The smallest absolute Gasteiger partial charge is 0.247 e. The maximum atomic E-state index is 13.7. The number of benzene rings is 2. The second kappa shape index (κ2) is 10.1. The Hall–Kier alpha value is -4.01. The van der Waals surface area contributed by atoms with E-state index in [0.717, 1.165) is 0 Å². The minimum absolute atomic E-state index is 0.0421. The molecule has 2 heterocycles. The molecule has 0 aliphatic rings. The van der Waals surface area contributed by atoms with Gasteiger partial charge in [-0.15, -0.1) is 5.10 Å². The fraction of sp³-hybridized carbons (Fsp3) is 0.308. The van der Waals surface area contributed by atoms with Crippen LogP contribution in [0.2, 0.25) is 0 Å². The molecule has 4 aromatic rings. The lowest BCUT2D eigenvalue weighted by Crippen LogP contribution is -2.50. The zero-order chi connectivity index (χ0) is 25.0.